The minimum atomic E-state index is -0.473. The van der Waals surface area contributed by atoms with Crippen molar-refractivity contribution in [1.29, 1.82) is 0 Å². The predicted molar refractivity (Wildman–Crippen MR) is 81.8 cm³/mol. The Morgan fingerprint density at radius 2 is 1.80 bits per heavy atom. The maximum absolute atomic E-state index is 12.2. The number of benzene rings is 2. The van der Waals surface area contributed by atoms with Crippen molar-refractivity contribution in [1.82, 2.24) is 9.55 Å². The number of nitrogens with two attached hydrogens (primary N) is 1. The van der Waals surface area contributed by atoms with Crippen LogP contribution in [0.3, 0.4) is 0 Å². The van der Waals surface area contributed by atoms with Crippen LogP contribution in [0, 0.1) is 0 Å². The molecule has 2 aromatic carbocycles. The van der Waals surface area contributed by atoms with Crippen LogP contribution in [0.4, 0.5) is 5.82 Å². The van der Waals surface area contributed by atoms with Gasteiger partial charge in [0.05, 0.1) is 21.6 Å². The molecule has 1 heterocycles. The molecular weight excluding hydrogens is 297 g/mol. The van der Waals surface area contributed by atoms with E-state index in [0.29, 0.717) is 26.6 Å². The highest BCUT2D eigenvalue weighted by molar-refractivity contribution is 6.39. The van der Waals surface area contributed by atoms with E-state index in [1.54, 1.807) is 24.3 Å². The van der Waals surface area contributed by atoms with Crippen LogP contribution >= 0.6 is 23.2 Å². The van der Waals surface area contributed by atoms with Crippen molar-refractivity contribution in [2.75, 3.05) is 5.73 Å². The van der Waals surface area contributed by atoms with Gasteiger partial charge < -0.3 is 5.73 Å². The average Bonchev–Trinajstić information content (AvgIpc) is 2.38. The summed E-state index contributed by atoms with van der Waals surface area (Å²) in [6.07, 6.45) is 0. The summed E-state index contributed by atoms with van der Waals surface area (Å²) in [5.74, 6) is 0.0962. The van der Waals surface area contributed by atoms with Crippen LogP contribution in [-0.4, -0.2) is 9.55 Å². The third-order valence-corrected chi connectivity index (χ3v) is 3.47. The van der Waals surface area contributed by atoms with Crippen LogP contribution in [0.25, 0.3) is 16.6 Å². The molecule has 0 saturated heterocycles. The van der Waals surface area contributed by atoms with E-state index in [2.05, 4.69) is 4.98 Å². The lowest BCUT2D eigenvalue weighted by atomic mass is 10.2. The minimum Gasteiger partial charge on any atom is -0.383 e. The molecule has 0 atom stereocenters. The van der Waals surface area contributed by atoms with E-state index in [1.165, 1.54) is 4.57 Å². The molecule has 6 heteroatoms. The van der Waals surface area contributed by atoms with Gasteiger partial charge in [-0.1, -0.05) is 41.4 Å². The van der Waals surface area contributed by atoms with Crippen LogP contribution in [0.5, 0.6) is 0 Å². The molecule has 2 N–H and O–H groups in total. The highest BCUT2D eigenvalue weighted by atomic mass is 35.5. The Kier molecular flexibility index (Phi) is 3.12. The monoisotopic (exact) mass is 305 g/mol. The summed E-state index contributed by atoms with van der Waals surface area (Å²) < 4.78 is 1.43. The number of nitrogens with zero attached hydrogens (tertiary/aromatic N) is 2. The molecule has 0 spiro atoms. The number of fused-ring (bicyclic) bond motifs is 1. The lowest BCUT2D eigenvalue weighted by molar-refractivity contribution is 0.965. The molecule has 3 rings (SSSR count). The van der Waals surface area contributed by atoms with Crippen molar-refractivity contribution in [3.8, 4) is 5.69 Å². The molecule has 0 saturated carbocycles. The summed E-state index contributed by atoms with van der Waals surface area (Å²) in [4.78, 5) is 16.0. The van der Waals surface area contributed by atoms with E-state index >= 15 is 0 Å². The number of hydrogen-bond acceptors (Lipinski definition) is 3. The Morgan fingerprint density at radius 3 is 2.50 bits per heavy atom. The summed E-state index contributed by atoms with van der Waals surface area (Å²) >= 11 is 12.2. The Hall–Kier alpha value is -2.04. The normalized spacial score (nSPS) is 10.9. The average molecular weight is 306 g/mol. The van der Waals surface area contributed by atoms with Crippen molar-refractivity contribution >= 4 is 39.9 Å². The van der Waals surface area contributed by atoms with E-state index in [4.69, 9.17) is 28.9 Å². The summed E-state index contributed by atoms with van der Waals surface area (Å²) in [6, 6.07) is 12.3. The molecule has 0 bridgehead atoms. The first-order valence-electron chi connectivity index (χ1n) is 5.80. The van der Waals surface area contributed by atoms with Crippen LogP contribution in [0.1, 0.15) is 0 Å². The van der Waals surface area contributed by atoms with Gasteiger partial charge in [-0.3, -0.25) is 4.57 Å². The largest absolute Gasteiger partial charge is 0.383 e. The number of nitrogen functional groups attached to an aromatic ring is 1. The van der Waals surface area contributed by atoms with Crippen LogP contribution < -0.4 is 11.4 Å². The van der Waals surface area contributed by atoms with Crippen LogP contribution in [0.15, 0.2) is 47.3 Å². The maximum atomic E-state index is 12.2. The van der Waals surface area contributed by atoms with Gasteiger partial charge in [0.25, 0.3) is 0 Å². The van der Waals surface area contributed by atoms with E-state index in [0.717, 1.165) is 0 Å². The first kappa shape index (κ1) is 13.0. The van der Waals surface area contributed by atoms with Gasteiger partial charge in [0.1, 0.15) is 5.82 Å². The second-order valence-corrected chi connectivity index (χ2v) is 5.08. The molecule has 100 valence electrons. The van der Waals surface area contributed by atoms with Gasteiger partial charge in [-0.05, 0) is 24.3 Å². The van der Waals surface area contributed by atoms with E-state index in [1.807, 2.05) is 18.2 Å². The SMILES string of the molecule is Nc1nc(=O)n(-c2ccccc2)c2cc(Cl)cc(Cl)c12. The van der Waals surface area contributed by atoms with E-state index in [-0.39, 0.29) is 5.82 Å². The molecule has 0 aliphatic carbocycles. The number of rotatable bonds is 1. The van der Waals surface area contributed by atoms with Gasteiger partial charge in [0, 0.05) is 5.02 Å². The Labute approximate surface area is 124 Å². The van der Waals surface area contributed by atoms with Crippen LogP contribution in [0.2, 0.25) is 10.0 Å². The van der Waals surface area contributed by atoms with Crippen molar-refractivity contribution < 1.29 is 0 Å². The molecule has 20 heavy (non-hydrogen) atoms. The fourth-order valence-corrected chi connectivity index (χ4v) is 2.71. The second-order valence-electron chi connectivity index (χ2n) is 4.23. The molecule has 0 radical (unpaired) electrons. The maximum Gasteiger partial charge on any atom is 0.354 e. The number of hydrogen-bond donors (Lipinski definition) is 1. The highest BCUT2D eigenvalue weighted by Gasteiger charge is 2.13. The zero-order chi connectivity index (χ0) is 14.3. The lowest BCUT2D eigenvalue weighted by Crippen LogP contribution is -2.23. The smallest absolute Gasteiger partial charge is 0.354 e. The molecule has 0 aliphatic rings. The van der Waals surface area contributed by atoms with Crippen molar-refractivity contribution in [3.05, 3.63) is 63.0 Å². The van der Waals surface area contributed by atoms with Crippen molar-refractivity contribution in [2.45, 2.75) is 0 Å². The van der Waals surface area contributed by atoms with E-state index < -0.39 is 5.69 Å². The van der Waals surface area contributed by atoms with Crippen molar-refractivity contribution in [3.63, 3.8) is 0 Å². The zero-order valence-corrected chi connectivity index (χ0v) is 11.7. The molecule has 0 fully saturated rings. The Morgan fingerprint density at radius 1 is 1.10 bits per heavy atom. The lowest BCUT2D eigenvalue weighted by Gasteiger charge is -2.12. The molecule has 0 unspecified atom stereocenters. The summed E-state index contributed by atoms with van der Waals surface area (Å²) in [6.45, 7) is 0. The fraction of sp³-hybridized carbons (Fsp3) is 0. The molecule has 3 aromatic rings. The second kappa shape index (κ2) is 4.81. The summed E-state index contributed by atoms with van der Waals surface area (Å²) in [5.41, 5.74) is 6.54. The number of aromatic nitrogens is 2. The Balaban J connectivity index is 2.52. The van der Waals surface area contributed by atoms with Gasteiger partial charge >= 0.3 is 5.69 Å². The first-order chi connectivity index (χ1) is 9.58. The number of anilines is 1. The standard InChI is InChI=1S/C14H9Cl2N3O/c15-8-6-10(16)12-11(7-8)19(14(20)18-13(12)17)9-4-2-1-3-5-9/h1-7H,(H2,17,18,20). The molecule has 0 amide bonds. The quantitative estimate of drug-likeness (QED) is 0.750. The third kappa shape index (κ3) is 2.03. The van der Waals surface area contributed by atoms with Gasteiger partial charge in [0.2, 0.25) is 0 Å². The fourth-order valence-electron chi connectivity index (χ4n) is 2.13. The molecule has 4 nitrogen and oxygen atoms in total. The molecule has 1 aromatic heterocycles. The minimum absolute atomic E-state index is 0.0962. The summed E-state index contributed by atoms with van der Waals surface area (Å²) in [5, 5.41) is 1.30. The van der Waals surface area contributed by atoms with E-state index in [9.17, 15) is 4.79 Å². The van der Waals surface area contributed by atoms with Gasteiger partial charge in [-0.2, -0.15) is 4.98 Å². The summed E-state index contributed by atoms with van der Waals surface area (Å²) in [7, 11) is 0. The van der Waals surface area contributed by atoms with Gasteiger partial charge in [0.15, 0.2) is 0 Å². The zero-order valence-electron chi connectivity index (χ0n) is 10.2. The molecule has 0 aliphatic heterocycles. The number of para-hydroxylation sites is 1. The van der Waals surface area contributed by atoms with Gasteiger partial charge in [-0.15, -0.1) is 0 Å². The topological polar surface area (TPSA) is 60.9 Å². The Bertz CT molecular complexity index is 860. The predicted octanol–water partition coefficient (Wildman–Crippen LogP) is 3.27. The highest BCUT2D eigenvalue weighted by Crippen LogP contribution is 2.31. The first-order valence-corrected chi connectivity index (χ1v) is 6.56. The third-order valence-electron chi connectivity index (χ3n) is 2.95. The number of halogens is 2. The van der Waals surface area contributed by atoms with Crippen LogP contribution in [-0.2, 0) is 0 Å². The van der Waals surface area contributed by atoms with Gasteiger partial charge in [-0.25, -0.2) is 4.79 Å². The molecular formula is C14H9Cl2N3O. The van der Waals surface area contributed by atoms with Crippen molar-refractivity contribution in [2.24, 2.45) is 0 Å².